The van der Waals surface area contributed by atoms with Gasteiger partial charge in [-0.05, 0) is 43.2 Å². The van der Waals surface area contributed by atoms with Crippen LogP contribution in [0.4, 0.5) is 10.2 Å². The van der Waals surface area contributed by atoms with Crippen molar-refractivity contribution in [3.8, 4) is 11.5 Å². The van der Waals surface area contributed by atoms with Gasteiger partial charge >= 0.3 is 0 Å². The second-order valence-electron chi connectivity index (χ2n) is 5.46. The molecule has 118 valence electrons. The van der Waals surface area contributed by atoms with Crippen molar-refractivity contribution in [1.29, 1.82) is 0 Å². The van der Waals surface area contributed by atoms with Crippen LogP contribution in [-0.2, 0) is 6.54 Å². The standard InChI is InChI=1S/C17H17FN4O/c1-11-6-7-13(9-15(11)18)10-22(3)16-14(5-4-8-19-16)17-20-12(2)21-23-17/h4-9H,10H2,1-3H3. The Hall–Kier alpha value is -2.76. The number of pyridine rings is 1. The van der Waals surface area contributed by atoms with E-state index >= 15 is 0 Å². The SMILES string of the molecule is Cc1noc(-c2cccnc2N(C)Cc2ccc(C)c(F)c2)n1. The van der Waals surface area contributed by atoms with Gasteiger partial charge in [-0.2, -0.15) is 4.98 Å². The lowest BCUT2D eigenvalue weighted by Gasteiger charge is -2.20. The summed E-state index contributed by atoms with van der Waals surface area (Å²) < 4.78 is 19.0. The molecule has 0 aliphatic rings. The minimum Gasteiger partial charge on any atom is -0.355 e. The van der Waals surface area contributed by atoms with Crippen molar-refractivity contribution in [2.24, 2.45) is 0 Å². The van der Waals surface area contributed by atoms with E-state index in [1.807, 2.05) is 30.1 Å². The Morgan fingerprint density at radius 1 is 1.22 bits per heavy atom. The number of hydrogen-bond acceptors (Lipinski definition) is 5. The molecule has 0 radical (unpaired) electrons. The molecule has 0 N–H and O–H groups in total. The van der Waals surface area contributed by atoms with Crippen LogP contribution in [0.1, 0.15) is 17.0 Å². The predicted octanol–water partition coefficient (Wildman–Crippen LogP) is 3.52. The fourth-order valence-corrected chi connectivity index (χ4v) is 2.36. The van der Waals surface area contributed by atoms with E-state index in [2.05, 4.69) is 15.1 Å². The summed E-state index contributed by atoms with van der Waals surface area (Å²) in [6.07, 6.45) is 1.70. The largest absolute Gasteiger partial charge is 0.355 e. The molecule has 23 heavy (non-hydrogen) atoms. The van der Waals surface area contributed by atoms with Gasteiger partial charge < -0.3 is 9.42 Å². The minimum atomic E-state index is -0.204. The fourth-order valence-electron chi connectivity index (χ4n) is 2.36. The molecule has 2 heterocycles. The average Bonchev–Trinajstić information content (AvgIpc) is 2.97. The average molecular weight is 312 g/mol. The summed E-state index contributed by atoms with van der Waals surface area (Å²) >= 11 is 0. The van der Waals surface area contributed by atoms with Gasteiger partial charge in [0.05, 0.1) is 5.56 Å². The molecule has 0 aliphatic heterocycles. The molecule has 6 heteroatoms. The summed E-state index contributed by atoms with van der Waals surface area (Å²) in [5, 5.41) is 3.82. The molecule has 0 fully saturated rings. The molecule has 1 aromatic carbocycles. The minimum absolute atomic E-state index is 0.204. The Bertz CT molecular complexity index is 831. The topological polar surface area (TPSA) is 55.1 Å². The highest BCUT2D eigenvalue weighted by atomic mass is 19.1. The van der Waals surface area contributed by atoms with Crippen molar-refractivity contribution in [2.75, 3.05) is 11.9 Å². The molecular weight excluding hydrogens is 295 g/mol. The Labute approximate surface area is 133 Å². The summed E-state index contributed by atoms with van der Waals surface area (Å²) in [6.45, 7) is 4.04. The third-order valence-corrected chi connectivity index (χ3v) is 3.56. The van der Waals surface area contributed by atoms with E-state index in [1.165, 1.54) is 0 Å². The quantitative estimate of drug-likeness (QED) is 0.737. The maximum Gasteiger partial charge on any atom is 0.261 e. The highest BCUT2D eigenvalue weighted by Gasteiger charge is 2.16. The van der Waals surface area contributed by atoms with E-state index in [-0.39, 0.29) is 5.82 Å². The first-order chi connectivity index (χ1) is 11.0. The smallest absolute Gasteiger partial charge is 0.261 e. The van der Waals surface area contributed by atoms with E-state index in [1.54, 1.807) is 32.2 Å². The molecule has 3 rings (SSSR count). The van der Waals surface area contributed by atoms with Crippen molar-refractivity contribution in [3.63, 3.8) is 0 Å². The number of rotatable bonds is 4. The number of hydrogen-bond donors (Lipinski definition) is 0. The van der Waals surface area contributed by atoms with Gasteiger partial charge in [-0.15, -0.1) is 0 Å². The van der Waals surface area contributed by atoms with Crippen LogP contribution in [0, 0.1) is 19.7 Å². The second-order valence-corrected chi connectivity index (χ2v) is 5.46. The van der Waals surface area contributed by atoms with Crippen LogP contribution in [0.5, 0.6) is 0 Å². The Balaban J connectivity index is 1.90. The van der Waals surface area contributed by atoms with Gasteiger partial charge in [-0.25, -0.2) is 9.37 Å². The molecule has 5 nitrogen and oxygen atoms in total. The fraction of sp³-hybridized carbons (Fsp3) is 0.235. The zero-order valence-corrected chi connectivity index (χ0v) is 13.2. The number of anilines is 1. The number of aromatic nitrogens is 3. The van der Waals surface area contributed by atoms with Crippen molar-refractivity contribution in [3.05, 3.63) is 59.3 Å². The number of halogens is 1. The summed E-state index contributed by atoms with van der Waals surface area (Å²) in [4.78, 5) is 10.6. The van der Waals surface area contributed by atoms with Crippen LogP contribution in [0.3, 0.4) is 0 Å². The Morgan fingerprint density at radius 3 is 2.74 bits per heavy atom. The van der Waals surface area contributed by atoms with Crippen molar-refractivity contribution in [2.45, 2.75) is 20.4 Å². The second kappa shape index (κ2) is 6.16. The Morgan fingerprint density at radius 2 is 2.04 bits per heavy atom. The van der Waals surface area contributed by atoms with E-state index in [0.29, 0.717) is 29.6 Å². The van der Waals surface area contributed by atoms with Crippen molar-refractivity contribution < 1.29 is 8.91 Å². The maximum absolute atomic E-state index is 13.7. The lowest BCUT2D eigenvalue weighted by molar-refractivity contribution is 0.425. The predicted molar refractivity (Wildman–Crippen MR) is 85.5 cm³/mol. The van der Waals surface area contributed by atoms with Gasteiger partial charge in [0, 0.05) is 19.8 Å². The van der Waals surface area contributed by atoms with Gasteiger partial charge in [0.25, 0.3) is 5.89 Å². The first kappa shape index (κ1) is 15.1. The van der Waals surface area contributed by atoms with Crippen LogP contribution in [0.2, 0.25) is 0 Å². The van der Waals surface area contributed by atoms with Crippen LogP contribution >= 0.6 is 0 Å². The van der Waals surface area contributed by atoms with Crippen LogP contribution in [0.25, 0.3) is 11.5 Å². The normalized spacial score (nSPS) is 10.8. The zero-order chi connectivity index (χ0) is 16.4. The summed E-state index contributed by atoms with van der Waals surface area (Å²) in [5.41, 5.74) is 2.26. The third kappa shape index (κ3) is 3.21. The molecule has 0 bridgehead atoms. The lowest BCUT2D eigenvalue weighted by atomic mass is 10.1. The first-order valence-corrected chi connectivity index (χ1v) is 7.26. The van der Waals surface area contributed by atoms with Gasteiger partial charge in [-0.1, -0.05) is 17.3 Å². The molecular formula is C17H17FN4O. The highest BCUT2D eigenvalue weighted by Crippen LogP contribution is 2.27. The van der Waals surface area contributed by atoms with Crippen LogP contribution in [-0.4, -0.2) is 22.2 Å². The van der Waals surface area contributed by atoms with Crippen molar-refractivity contribution >= 4 is 5.82 Å². The molecule has 0 spiro atoms. The number of benzene rings is 1. The maximum atomic E-state index is 13.7. The van der Waals surface area contributed by atoms with Crippen LogP contribution in [0.15, 0.2) is 41.1 Å². The van der Waals surface area contributed by atoms with E-state index < -0.39 is 0 Å². The highest BCUT2D eigenvalue weighted by molar-refractivity contribution is 5.69. The molecule has 2 aromatic heterocycles. The first-order valence-electron chi connectivity index (χ1n) is 7.26. The number of nitrogens with zero attached hydrogens (tertiary/aromatic N) is 4. The van der Waals surface area contributed by atoms with E-state index in [9.17, 15) is 4.39 Å². The summed E-state index contributed by atoms with van der Waals surface area (Å²) in [7, 11) is 1.90. The molecule has 0 unspecified atom stereocenters. The van der Waals surface area contributed by atoms with Gasteiger partial charge in [0.2, 0.25) is 0 Å². The molecule has 0 saturated carbocycles. The zero-order valence-electron chi connectivity index (χ0n) is 13.2. The summed E-state index contributed by atoms with van der Waals surface area (Å²) in [5.74, 6) is 1.49. The molecule has 0 amide bonds. The Kier molecular flexibility index (Phi) is 4.06. The molecule has 3 aromatic rings. The van der Waals surface area contributed by atoms with E-state index in [0.717, 1.165) is 11.1 Å². The molecule has 0 saturated heterocycles. The monoisotopic (exact) mass is 312 g/mol. The lowest BCUT2D eigenvalue weighted by Crippen LogP contribution is -2.18. The summed E-state index contributed by atoms with van der Waals surface area (Å²) in [6, 6.07) is 8.93. The molecule has 0 aliphatic carbocycles. The number of aryl methyl sites for hydroxylation is 2. The van der Waals surface area contributed by atoms with Gasteiger partial charge in [0.15, 0.2) is 5.82 Å². The third-order valence-electron chi connectivity index (χ3n) is 3.56. The van der Waals surface area contributed by atoms with E-state index in [4.69, 9.17) is 4.52 Å². The molecule has 0 atom stereocenters. The van der Waals surface area contributed by atoms with Gasteiger partial charge in [-0.3, -0.25) is 0 Å². The van der Waals surface area contributed by atoms with Crippen molar-refractivity contribution in [1.82, 2.24) is 15.1 Å². The van der Waals surface area contributed by atoms with Crippen LogP contribution < -0.4 is 4.90 Å². The van der Waals surface area contributed by atoms with Gasteiger partial charge in [0.1, 0.15) is 11.6 Å².